The molecule has 136 valence electrons. The third-order valence-electron chi connectivity index (χ3n) is 3.83. The molecule has 0 aliphatic rings. The van der Waals surface area contributed by atoms with Gasteiger partial charge in [-0.1, -0.05) is 18.2 Å². The van der Waals surface area contributed by atoms with Crippen LogP contribution in [0.2, 0.25) is 0 Å². The third-order valence-corrected chi connectivity index (χ3v) is 3.83. The average Bonchev–Trinajstić information content (AvgIpc) is 2.94. The molecule has 1 N–H and O–H groups in total. The van der Waals surface area contributed by atoms with Crippen molar-refractivity contribution in [2.45, 2.75) is 6.92 Å². The average molecular weight is 367 g/mol. The number of nitro benzene ring substituents is 2. The Bertz CT molecular complexity index is 1110. The van der Waals surface area contributed by atoms with Crippen LogP contribution in [0.5, 0.6) is 0 Å². The van der Waals surface area contributed by atoms with Gasteiger partial charge in [0, 0.05) is 18.0 Å². The molecule has 2 aromatic carbocycles. The van der Waals surface area contributed by atoms with E-state index in [9.17, 15) is 25.0 Å². The molecule has 0 unspecified atom stereocenters. The third kappa shape index (κ3) is 3.49. The van der Waals surface area contributed by atoms with E-state index in [0.29, 0.717) is 11.4 Å². The van der Waals surface area contributed by atoms with E-state index < -0.39 is 21.2 Å². The summed E-state index contributed by atoms with van der Waals surface area (Å²) in [5.74, 6) is 0. The Morgan fingerprint density at radius 2 is 1.78 bits per heavy atom. The van der Waals surface area contributed by atoms with Crippen molar-refractivity contribution in [2.24, 2.45) is 4.99 Å². The number of aromatic amines is 1. The van der Waals surface area contributed by atoms with E-state index in [1.807, 2.05) is 6.07 Å². The molecular weight excluding hydrogens is 354 g/mol. The molecular formula is C17H13N5O5. The molecule has 0 aliphatic carbocycles. The van der Waals surface area contributed by atoms with E-state index in [2.05, 4.69) is 10.1 Å². The van der Waals surface area contributed by atoms with Crippen molar-refractivity contribution in [3.8, 4) is 5.69 Å². The minimum atomic E-state index is -0.758. The van der Waals surface area contributed by atoms with Crippen molar-refractivity contribution in [3.05, 3.63) is 90.4 Å². The highest BCUT2D eigenvalue weighted by Gasteiger charge is 2.19. The molecule has 0 amide bonds. The Labute approximate surface area is 151 Å². The van der Waals surface area contributed by atoms with E-state index in [1.54, 1.807) is 31.2 Å². The lowest BCUT2D eigenvalue weighted by atomic mass is 10.2. The zero-order valence-electron chi connectivity index (χ0n) is 14.0. The number of aliphatic imine (C=N–C) groups is 1. The monoisotopic (exact) mass is 367 g/mol. The summed E-state index contributed by atoms with van der Waals surface area (Å²) in [7, 11) is 0. The Morgan fingerprint density at radius 1 is 1.07 bits per heavy atom. The van der Waals surface area contributed by atoms with Gasteiger partial charge in [0.25, 0.3) is 11.2 Å². The number of benzene rings is 2. The summed E-state index contributed by atoms with van der Waals surface area (Å²) in [6.45, 7) is 1.67. The number of nitrogens with one attached hydrogen (secondary N) is 1. The number of aryl methyl sites for hydroxylation is 1. The van der Waals surface area contributed by atoms with E-state index in [4.69, 9.17) is 0 Å². The minimum Gasteiger partial charge on any atom is -0.295 e. The van der Waals surface area contributed by atoms with Crippen LogP contribution in [0, 0.1) is 27.2 Å². The minimum absolute atomic E-state index is 0.0862. The van der Waals surface area contributed by atoms with Gasteiger partial charge in [-0.05, 0) is 25.1 Å². The fourth-order valence-electron chi connectivity index (χ4n) is 2.49. The first kappa shape index (κ1) is 17.7. The van der Waals surface area contributed by atoms with Gasteiger partial charge in [-0.25, -0.2) is 9.67 Å². The molecule has 3 rings (SSSR count). The first-order valence-corrected chi connectivity index (χ1v) is 7.72. The molecule has 0 fully saturated rings. The van der Waals surface area contributed by atoms with Gasteiger partial charge in [0.05, 0.1) is 27.2 Å². The molecule has 0 saturated carbocycles. The molecule has 27 heavy (non-hydrogen) atoms. The predicted molar refractivity (Wildman–Crippen MR) is 98.1 cm³/mol. The van der Waals surface area contributed by atoms with Gasteiger partial charge in [-0.2, -0.15) is 0 Å². The lowest BCUT2D eigenvalue weighted by molar-refractivity contribution is -0.393. The van der Waals surface area contributed by atoms with Crippen molar-refractivity contribution >= 4 is 23.3 Å². The Morgan fingerprint density at radius 3 is 2.41 bits per heavy atom. The molecule has 0 spiro atoms. The second kappa shape index (κ2) is 7.04. The van der Waals surface area contributed by atoms with Crippen molar-refractivity contribution < 1.29 is 9.85 Å². The van der Waals surface area contributed by atoms with Crippen LogP contribution in [0.25, 0.3) is 5.69 Å². The van der Waals surface area contributed by atoms with Crippen LogP contribution in [-0.4, -0.2) is 25.8 Å². The Balaban J connectivity index is 2.03. The molecule has 1 heterocycles. The second-order valence-corrected chi connectivity index (χ2v) is 5.57. The van der Waals surface area contributed by atoms with Gasteiger partial charge in [0.15, 0.2) is 0 Å². The number of non-ortho nitro benzene ring substituents is 1. The van der Waals surface area contributed by atoms with Gasteiger partial charge in [-0.3, -0.25) is 30.1 Å². The lowest BCUT2D eigenvalue weighted by Gasteiger charge is -1.99. The maximum absolute atomic E-state index is 12.6. The Hall–Kier alpha value is -4.08. The summed E-state index contributed by atoms with van der Waals surface area (Å²) in [4.78, 5) is 37.1. The number of H-pyrrole nitrogens is 1. The number of para-hydroxylation sites is 1. The van der Waals surface area contributed by atoms with Crippen LogP contribution >= 0.6 is 0 Å². The SMILES string of the molecule is Cc1[nH]n(-c2ccccc2)c(=O)c1C=Nc1ccc([N+](=O)[O-])cc1[N+](=O)[O-]. The van der Waals surface area contributed by atoms with Crippen molar-refractivity contribution in [3.63, 3.8) is 0 Å². The van der Waals surface area contributed by atoms with E-state index in [0.717, 1.165) is 12.1 Å². The van der Waals surface area contributed by atoms with Crippen LogP contribution in [0.3, 0.4) is 0 Å². The summed E-state index contributed by atoms with van der Waals surface area (Å²) >= 11 is 0. The first-order valence-electron chi connectivity index (χ1n) is 7.72. The summed E-state index contributed by atoms with van der Waals surface area (Å²) in [5, 5.41) is 24.9. The number of rotatable bonds is 5. The second-order valence-electron chi connectivity index (χ2n) is 5.57. The summed E-state index contributed by atoms with van der Waals surface area (Å²) in [5.41, 5.74) is 0.000968. The van der Waals surface area contributed by atoms with Crippen molar-refractivity contribution in [1.29, 1.82) is 0 Å². The number of hydrogen-bond donors (Lipinski definition) is 1. The molecule has 0 bridgehead atoms. The number of aromatic nitrogens is 2. The zero-order valence-corrected chi connectivity index (χ0v) is 14.0. The quantitative estimate of drug-likeness (QED) is 0.420. The molecule has 0 aliphatic heterocycles. The molecule has 0 saturated heterocycles. The smallest absolute Gasteiger partial charge is 0.295 e. The molecule has 0 atom stereocenters. The highest BCUT2D eigenvalue weighted by molar-refractivity contribution is 5.84. The summed E-state index contributed by atoms with van der Waals surface area (Å²) in [6.07, 6.45) is 1.21. The fourth-order valence-corrected chi connectivity index (χ4v) is 2.49. The van der Waals surface area contributed by atoms with E-state index in [1.165, 1.54) is 17.0 Å². The molecule has 1 aromatic heterocycles. The maximum Gasteiger partial charge on any atom is 0.301 e. The van der Waals surface area contributed by atoms with Gasteiger partial charge in [-0.15, -0.1) is 0 Å². The standard InChI is InChI=1S/C17H13N5O5/c1-11-14(17(23)20(19-11)12-5-3-2-4-6-12)10-18-15-8-7-13(21(24)25)9-16(15)22(26)27/h2-10,19H,1H3. The zero-order chi connectivity index (χ0) is 19.6. The summed E-state index contributed by atoms with van der Waals surface area (Å²) < 4.78 is 1.33. The van der Waals surface area contributed by atoms with Crippen LogP contribution in [0.15, 0.2) is 58.3 Å². The van der Waals surface area contributed by atoms with Crippen LogP contribution < -0.4 is 5.56 Å². The van der Waals surface area contributed by atoms with Crippen LogP contribution in [0.1, 0.15) is 11.3 Å². The highest BCUT2D eigenvalue weighted by atomic mass is 16.6. The largest absolute Gasteiger partial charge is 0.301 e. The van der Waals surface area contributed by atoms with Gasteiger partial charge < -0.3 is 0 Å². The van der Waals surface area contributed by atoms with E-state index in [-0.39, 0.29) is 16.8 Å². The normalized spacial score (nSPS) is 11.0. The number of nitro groups is 2. The topological polar surface area (TPSA) is 136 Å². The Kier molecular flexibility index (Phi) is 4.62. The van der Waals surface area contributed by atoms with Gasteiger partial charge >= 0.3 is 5.69 Å². The molecule has 10 nitrogen and oxygen atoms in total. The molecule has 10 heteroatoms. The van der Waals surface area contributed by atoms with Crippen LogP contribution in [0.4, 0.5) is 17.1 Å². The first-order chi connectivity index (χ1) is 12.9. The molecule has 0 radical (unpaired) electrons. The fraction of sp³-hybridized carbons (Fsp3) is 0.0588. The van der Waals surface area contributed by atoms with Crippen molar-refractivity contribution in [1.82, 2.24) is 9.78 Å². The lowest BCUT2D eigenvalue weighted by Crippen LogP contribution is -2.17. The predicted octanol–water partition coefficient (Wildman–Crippen LogP) is 3.04. The number of nitrogens with zero attached hydrogens (tertiary/aromatic N) is 4. The van der Waals surface area contributed by atoms with Crippen LogP contribution in [-0.2, 0) is 0 Å². The van der Waals surface area contributed by atoms with E-state index >= 15 is 0 Å². The summed E-state index contributed by atoms with van der Waals surface area (Å²) in [6, 6.07) is 12.0. The molecule has 3 aromatic rings. The van der Waals surface area contributed by atoms with Gasteiger partial charge in [0.1, 0.15) is 5.69 Å². The van der Waals surface area contributed by atoms with Gasteiger partial charge in [0.2, 0.25) is 0 Å². The maximum atomic E-state index is 12.6. The highest BCUT2D eigenvalue weighted by Crippen LogP contribution is 2.31. The van der Waals surface area contributed by atoms with Crippen molar-refractivity contribution in [2.75, 3.05) is 0 Å². The number of hydrogen-bond acceptors (Lipinski definition) is 6.